The predicted octanol–water partition coefficient (Wildman–Crippen LogP) is 2.86. The minimum absolute atomic E-state index is 0.159. The molecule has 23 heavy (non-hydrogen) atoms. The topological polar surface area (TPSA) is 98.0 Å². The van der Waals surface area contributed by atoms with Gasteiger partial charge in [-0.3, -0.25) is 0 Å². The Hall–Kier alpha value is -1.97. The lowest BCUT2D eigenvalue weighted by atomic mass is 10.2. The number of sulfone groups is 1. The normalized spacial score (nSPS) is 11.6. The van der Waals surface area contributed by atoms with Crippen LogP contribution in [0.3, 0.4) is 0 Å². The van der Waals surface area contributed by atoms with Crippen LogP contribution in [0.5, 0.6) is 0 Å². The fourth-order valence-corrected chi connectivity index (χ4v) is 3.10. The molecule has 2 heterocycles. The summed E-state index contributed by atoms with van der Waals surface area (Å²) in [6.07, 6.45) is 2.74. The van der Waals surface area contributed by atoms with Gasteiger partial charge in [0, 0.05) is 28.6 Å². The Labute approximate surface area is 141 Å². The highest BCUT2D eigenvalue weighted by atomic mass is 35.5. The summed E-state index contributed by atoms with van der Waals surface area (Å²) >= 11 is 7.19. The molecule has 0 unspecified atom stereocenters. The number of rotatable bonds is 5. The summed E-state index contributed by atoms with van der Waals surface area (Å²) in [7, 11) is -3.50. The van der Waals surface area contributed by atoms with Gasteiger partial charge in [-0.15, -0.1) is 16.4 Å². The van der Waals surface area contributed by atoms with Gasteiger partial charge in [0.2, 0.25) is 15.7 Å². The number of hydrogen-bond acceptors (Lipinski definition) is 8. The van der Waals surface area contributed by atoms with E-state index < -0.39 is 15.1 Å². The Morgan fingerprint density at radius 2 is 2.00 bits per heavy atom. The van der Waals surface area contributed by atoms with Crippen LogP contribution in [0.2, 0.25) is 4.47 Å². The SMILES string of the molecule is CS(=O)(=O)c1nnc(-c2ccc(NCc3cnc(Cl)s3)cc2)o1. The molecule has 10 heteroatoms. The lowest BCUT2D eigenvalue weighted by Gasteiger charge is -2.04. The largest absolute Gasteiger partial charge is 0.408 e. The number of nitrogens with zero attached hydrogens (tertiary/aromatic N) is 3. The first-order chi connectivity index (χ1) is 10.9. The predicted molar refractivity (Wildman–Crippen MR) is 87.3 cm³/mol. The lowest BCUT2D eigenvalue weighted by molar-refractivity contribution is 0.442. The molecule has 0 aliphatic rings. The van der Waals surface area contributed by atoms with Gasteiger partial charge in [-0.25, -0.2) is 13.4 Å². The Kier molecular flexibility index (Phi) is 4.33. The highest BCUT2D eigenvalue weighted by Crippen LogP contribution is 2.23. The van der Waals surface area contributed by atoms with Gasteiger partial charge in [0.05, 0.1) is 6.54 Å². The molecule has 0 aliphatic carbocycles. The maximum Gasteiger partial charge on any atom is 0.335 e. The Morgan fingerprint density at radius 1 is 1.26 bits per heavy atom. The van der Waals surface area contributed by atoms with E-state index in [4.69, 9.17) is 16.0 Å². The molecule has 0 spiro atoms. The third-order valence-corrected chi connectivity index (χ3v) is 4.76. The highest BCUT2D eigenvalue weighted by molar-refractivity contribution is 7.90. The van der Waals surface area contributed by atoms with Crippen LogP contribution in [0, 0.1) is 0 Å². The smallest absolute Gasteiger partial charge is 0.335 e. The Bertz CT molecular complexity index is 919. The molecule has 7 nitrogen and oxygen atoms in total. The summed E-state index contributed by atoms with van der Waals surface area (Å²) in [6.45, 7) is 0.614. The second-order valence-corrected chi connectivity index (χ2v) is 8.25. The molecule has 1 aromatic carbocycles. The number of hydrogen-bond donors (Lipinski definition) is 1. The minimum Gasteiger partial charge on any atom is -0.408 e. The zero-order valence-corrected chi connectivity index (χ0v) is 14.2. The first-order valence-corrected chi connectivity index (χ1v) is 9.48. The molecule has 0 saturated heterocycles. The molecule has 0 aliphatic heterocycles. The van der Waals surface area contributed by atoms with Crippen LogP contribution >= 0.6 is 22.9 Å². The average molecular weight is 371 g/mol. The lowest BCUT2D eigenvalue weighted by Crippen LogP contribution is -1.97. The third-order valence-electron chi connectivity index (χ3n) is 2.85. The first-order valence-electron chi connectivity index (χ1n) is 6.40. The van der Waals surface area contributed by atoms with Crippen LogP contribution in [0.25, 0.3) is 11.5 Å². The van der Waals surface area contributed by atoms with E-state index in [0.717, 1.165) is 16.8 Å². The number of benzene rings is 1. The van der Waals surface area contributed by atoms with E-state index in [-0.39, 0.29) is 5.89 Å². The van der Waals surface area contributed by atoms with Crippen molar-refractivity contribution in [2.45, 2.75) is 11.8 Å². The van der Waals surface area contributed by atoms with Crippen LogP contribution in [0.4, 0.5) is 5.69 Å². The zero-order valence-electron chi connectivity index (χ0n) is 11.9. The number of halogens is 1. The molecule has 2 aromatic heterocycles. The quantitative estimate of drug-likeness (QED) is 0.737. The van der Waals surface area contributed by atoms with Crippen molar-refractivity contribution in [2.24, 2.45) is 0 Å². The van der Waals surface area contributed by atoms with Gasteiger partial charge in [-0.2, -0.15) is 0 Å². The van der Waals surface area contributed by atoms with E-state index in [1.807, 2.05) is 12.1 Å². The Balaban J connectivity index is 1.70. The first kappa shape index (κ1) is 15.9. The number of thiazole rings is 1. The molecule has 0 atom stereocenters. The monoisotopic (exact) mass is 370 g/mol. The maximum absolute atomic E-state index is 11.3. The molecule has 0 fully saturated rings. The van der Waals surface area contributed by atoms with E-state index in [1.54, 1.807) is 18.3 Å². The van der Waals surface area contributed by atoms with Gasteiger partial charge in [-0.1, -0.05) is 16.7 Å². The van der Waals surface area contributed by atoms with Gasteiger partial charge in [-0.05, 0) is 24.3 Å². The second kappa shape index (κ2) is 6.26. The van der Waals surface area contributed by atoms with Crippen molar-refractivity contribution in [1.29, 1.82) is 0 Å². The van der Waals surface area contributed by atoms with Crippen LogP contribution in [-0.2, 0) is 16.4 Å². The molecular formula is C13H11ClN4O3S2. The van der Waals surface area contributed by atoms with Gasteiger partial charge in [0.15, 0.2) is 4.47 Å². The maximum atomic E-state index is 11.3. The molecule has 3 aromatic rings. The third kappa shape index (κ3) is 3.87. The summed E-state index contributed by atoms with van der Waals surface area (Å²) in [6, 6.07) is 7.20. The molecule has 0 amide bonds. The Morgan fingerprint density at radius 3 is 2.57 bits per heavy atom. The summed E-state index contributed by atoms with van der Waals surface area (Å²) in [4.78, 5) is 4.99. The van der Waals surface area contributed by atoms with Crippen molar-refractivity contribution in [1.82, 2.24) is 15.2 Å². The van der Waals surface area contributed by atoms with Gasteiger partial charge in [0.25, 0.3) is 0 Å². The zero-order chi connectivity index (χ0) is 16.4. The van der Waals surface area contributed by atoms with Crippen LogP contribution in [-0.4, -0.2) is 29.9 Å². The average Bonchev–Trinajstić information content (AvgIpc) is 3.14. The molecule has 0 saturated carbocycles. The molecule has 1 N–H and O–H groups in total. The van der Waals surface area contributed by atoms with Crippen molar-refractivity contribution in [2.75, 3.05) is 11.6 Å². The van der Waals surface area contributed by atoms with Gasteiger partial charge >= 0.3 is 5.22 Å². The molecule has 0 radical (unpaired) electrons. The molecule has 120 valence electrons. The number of nitrogens with one attached hydrogen (secondary N) is 1. The molecule has 0 bridgehead atoms. The highest BCUT2D eigenvalue weighted by Gasteiger charge is 2.17. The van der Waals surface area contributed by atoms with E-state index in [1.165, 1.54) is 11.3 Å². The van der Waals surface area contributed by atoms with E-state index >= 15 is 0 Å². The van der Waals surface area contributed by atoms with Crippen molar-refractivity contribution in [3.8, 4) is 11.5 Å². The van der Waals surface area contributed by atoms with Crippen molar-refractivity contribution < 1.29 is 12.8 Å². The molecular weight excluding hydrogens is 360 g/mol. The van der Waals surface area contributed by atoms with Crippen molar-refractivity contribution >= 4 is 38.5 Å². The van der Waals surface area contributed by atoms with Crippen LogP contribution in [0.1, 0.15) is 4.88 Å². The number of anilines is 1. The standard InChI is InChI=1S/C13H11ClN4O3S2/c1-23(19,20)13-18-17-11(21-13)8-2-4-9(5-3-8)15-6-10-7-16-12(14)22-10/h2-5,7,15H,6H2,1H3. The summed E-state index contributed by atoms with van der Waals surface area (Å²) in [5.74, 6) is 0.159. The van der Waals surface area contributed by atoms with E-state index in [2.05, 4.69) is 20.5 Å². The summed E-state index contributed by atoms with van der Waals surface area (Å²) in [5, 5.41) is 10.1. The van der Waals surface area contributed by atoms with Crippen LogP contribution in [0.15, 0.2) is 40.1 Å². The van der Waals surface area contributed by atoms with Gasteiger partial charge < -0.3 is 9.73 Å². The summed E-state index contributed by atoms with van der Waals surface area (Å²) in [5.41, 5.74) is 1.53. The second-order valence-electron chi connectivity index (χ2n) is 4.66. The summed E-state index contributed by atoms with van der Waals surface area (Å²) < 4.78 is 28.3. The van der Waals surface area contributed by atoms with E-state index in [0.29, 0.717) is 16.6 Å². The number of aromatic nitrogens is 3. The van der Waals surface area contributed by atoms with Crippen molar-refractivity contribution in [3.05, 3.63) is 39.8 Å². The van der Waals surface area contributed by atoms with E-state index in [9.17, 15) is 8.42 Å². The van der Waals surface area contributed by atoms with Gasteiger partial charge in [0.1, 0.15) is 0 Å². The fourth-order valence-electron chi connectivity index (χ4n) is 1.76. The van der Waals surface area contributed by atoms with Crippen molar-refractivity contribution in [3.63, 3.8) is 0 Å². The fraction of sp³-hybridized carbons (Fsp3) is 0.154. The minimum atomic E-state index is -3.50. The van der Waals surface area contributed by atoms with Crippen LogP contribution < -0.4 is 5.32 Å². The molecule has 3 rings (SSSR count).